The van der Waals surface area contributed by atoms with Crippen molar-refractivity contribution < 1.29 is 27.4 Å². The summed E-state index contributed by atoms with van der Waals surface area (Å²) in [5.41, 5.74) is 1.44. The Balaban J connectivity index is 1.67. The molecule has 0 bridgehead atoms. The van der Waals surface area contributed by atoms with Crippen molar-refractivity contribution in [3.05, 3.63) is 71.8 Å². The normalized spacial score (nSPS) is 16.1. The number of fused-ring (bicyclic) bond motifs is 2. The molecular weight excluding hydrogens is 444 g/mol. The first-order valence-electron chi connectivity index (χ1n) is 10.5. The number of morpholine rings is 1. The van der Waals surface area contributed by atoms with E-state index in [1.54, 1.807) is 30.3 Å². The maximum Gasteiger partial charge on any atom is 0.259 e. The molecule has 33 heavy (non-hydrogen) atoms. The van der Waals surface area contributed by atoms with E-state index in [-0.39, 0.29) is 35.0 Å². The highest BCUT2D eigenvalue weighted by molar-refractivity contribution is 7.89. The number of ether oxygens (including phenoxy) is 3. The Morgan fingerprint density at radius 3 is 2.45 bits per heavy atom. The molecule has 2 heterocycles. The van der Waals surface area contributed by atoms with Crippen LogP contribution in [-0.4, -0.2) is 44.9 Å². The van der Waals surface area contributed by atoms with Gasteiger partial charge in [-0.3, -0.25) is 4.79 Å². The standard InChI is InChI=1S/C24H22N2O6S/c1-16-6-2-4-8-19(16)31-22-15-21-17(24(27)25-18-7-3-5-9-20(18)32-21)14-23(22)33(28,29)26-10-12-30-13-11-26/h2-9,14-15H,10-13H2,1H3,(H,25,27). The number of hydrogen-bond donors (Lipinski definition) is 1. The third kappa shape index (κ3) is 4.06. The first-order valence-corrected chi connectivity index (χ1v) is 11.9. The van der Waals surface area contributed by atoms with Crippen molar-refractivity contribution >= 4 is 21.6 Å². The van der Waals surface area contributed by atoms with E-state index in [0.717, 1.165) is 5.56 Å². The molecule has 2 aliphatic rings. The molecule has 170 valence electrons. The highest BCUT2D eigenvalue weighted by Gasteiger charge is 2.33. The summed E-state index contributed by atoms with van der Waals surface area (Å²) in [6.45, 7) is 2.91. The van der Waals surface area contributed by atoms with Gasteiger partial charge in [0.05, 0.1) is 24.5 Å². The molecule has 1 saturated heterocycles. The van der Waals surface area contributed by atoms with Crippen LogP contribution < -0.4 is 14.8 Å². The second-order valence-corrected chi connectivity index (χ2v) is 9.64. The molecule has 0 aromatic heterocycles. The highest BCUT2D eigenvalue weighted by atomic mass is 32.2. The molecule has 0 unspecified atom stereocenters. The molecule has 0 radical (unpaired) electrons. The third-order valence-electron chi connectivity index (χ3n) is 5.55. The largest absolute Gasteiger partial charge is 0.456 e. The van der Waals surface area contributed by atoms with Gasteiger partial charge in [-0.25, -0.2) is 8.42 Å². The van der Waals surface area contributed by atoms with Gasteiger partial charge in [-0.15, -0.1) is 0 Å². The molecule has 2 aliphatic heterocycles. The second kappa shape index (κ2) is 8.51. The van der Waals surface area contributed by atoms with Gasteiger partial charge in [0, 0.05) is 19.2 Å². The minimum absolute atomic E-state index is 0.0849. The molecule has 0 spiro atoms. The summed E-state index contributed by atoms with van der Waals surface area (Å²) in [6.07, 6.45) is 0. The van der Waals surface area contributed by atoms with Crippen molar-refractivity contribution in [1.29, 1.82) is 0 Å². The molecule has 1 fully saturated rings. The number of carbonyl (C=O) groups excluding carboxylic acids is 1. The minimum Gasteiger partial charge on any atom is -0.456 e. The minimum atomic E-state index is -3.97. The van der Waals surface area contributed by atoms with Crippen LogP contribution in [0.5, 0.6) is 23.0 Å². The number of sulfonamides is 1. The highest BCUT2D eigenvalue weighted by Crippen LogP contribution is 2.42. The summed E-state index contributed by atoms with van der Waals surface area (Å²) in [5.74, 6) is 0.795. The van der Waals surface area contributed by atoms with E-state index >= 15 is 0 Å². The lowest BCUT2D eigenvalue weighted by molar-refractivity contribution is 0.0729. The number of amides is 1. The number of aryl methyl sites for hydroxylation is 1. The second-order valence-electron chi connectivity index (χ2n) is 7.73. The topological polar surface area (TPSA) is 94.2 Å². The lowest BCUT2D eigenvalue weighted by atomic mass is 10.1. The number of hydrogen-bond acceptors (Lipinski definition) is 6. The maximum atomic E-state index is 13.6. The van der Waals surface area contributed by atoms with Gasteiger partial charge in [0.1, 0.15) is 16.4 Å². The van der Waals surface area contributed by atoms with Crippen LogP contribution in [0.25, 0.3) is 0 Å². The smallest absolute Gasteiger partial charge is 0.259 e. The van der Waals surface area contributed by atoms with Crippen LogP contribution in [-0.2, 0) is 14.8 Å². The van der Waals surface area contributed by atoms with Crippen molar-refractivity contribution in [2.45, 2.75) is 11.8 Å². The van der Waals surface area contributed by atoms with Crippen LogP contribution in [0, 0.1) is 6.92 Å². The number of anilines is 1. The average Bonchev–Trinajstić information content (AvgIpc) is 2.96. The summed E-state index contributed by atoms with van der Waals surface area (Å²) in [7, 11) is -3.97. The predicted octanol–water partition coefficient (Wildman–Crippen LogP) is 4.17. The number of benzene rings is 3. The van der Waals surface area contributed by atoms with Crippen molar-refractivity contribution in [3.8, 4) is 23.0 Å². The lowest BCUT2D eigenvalue weighted by Crippen LogP contribution is -2.40. The van der Waals surface area contributed by atoms with Crippen molar-refractivity contribution in [2.75, 3.05) is 31.6 Å². The van der Waals surface area contributed by atoms with Crippen LogP contribution in [0.4, 0.5) is 5.69 Å². The lowest BCUT2D eigenvalue weighted by Gasteiger charge is -2.27. The SMILES string of the molecule is Cc1ccccc1Oc1cc2c(cc1S(=O)(=O)N1CCOCC1)C(=O)Nc1ccccc1O2. The van der Waals surface area contributed by atoms with Crippen LogP contribution in [0.15, 0.2) is 65.6 Å². The van der Waals surface area contributed by atoms with Gasteiger partial charge >= 0.3 is 0 Å². The van der Waals surface area contributed by atoms with Crippen molar-refractivity contribution in [1.82, 2.24) is 4.31 Å². The van der Waals surface area contributed by atoms with Gasteiger partial charge < -0.3 is 19.5 Å². The van der Waals surface area contributed by atoms with Gasteiger partial charge in [0.25, 0.3) is 5.91 Å². The molecule has 1 amide bonds. The Labute approximate surface area is 191 Å². The predicted molar refractivity (Wildman–Crippen MR) is 122 cm³/mol. The molecule has 3 aromatic carbocycles. The zero-order valence-corrected chi connectivity index (χ0v) is 18.7. The third-order valence-corrected chi connectivity index (χ3v) is 7.47. The molecule has 0 saturated carbocycles. The molecule has 3 aromatic rings. The Morgan fingerprint density at radius 2 is 1.67 bits per heavy atom. The molecule has 0 aliphatic carbocycles. The fourth-order valence-corrected chi connectivity index (χ4v) is 5.30. The summed E-state index contributed by atoms with van der Waals surface area (Å²) < 4.78 is 45.9. The van der Waals surface area contributed by atoms with E-state index in [2.05, 4.69) is 5.32 Å². The molecule has 5 rings (SSSR count). The number of nitrogens with zero attached hydrogens (tertiary/aromatic N) is 1. The first-order chi connectivity index (χ1) is 15.9. The van der Waals surface area contributed by atoms with Gasteiger partial charge in [-0.1, -0.05) is 30.3 Å². The average molecular weight is 467 g/mol. The molecular formula is C24H22N2O6S. The quantitative estimate of drug-likeness (QED) is 0.620. The van der Waals surface area contributed by atoms with Crippen LogP contribution in [0.2, 0.25) is 0 Å². The Morgan fingerprint density at radius 1 is 0.939 bits per heavy atom. The zero-order valence-electron chi connectivity index (χ0n) is 17.9. The molecule has 0 atom stereocenters. The van der Waals surface area contributed by atoms with E-state index in [4.69, 9.17) is 14.2 Å². The molecule has 1 N–H and O–H groups in total. The summed E-state index contributed by atoms with van der Waals surface area (Å²) in [4.78, 5) is 12.9. The van der Waals surface area contributed by atoms with Crippen LogP contribution in [0.3, 0.4) is 0 Å². The molecule has 8 nitrogen and oxygen atoms in total. The van der Waals surface area contributed by atoms with E-state index in [9.17, 15) is 13.2 Å². The number of para-hydroxylation sites is 3. The van der Waals surface area contributed by atoms with Gasteiger partial charge in [-0.05, 0) is 36.8 Å². The number of nitrogens with one attached hydrogen (secondary N) is 1. The maximum absolute atomic E-state index is 13.6. The Kier molecular flexibility index (Phi) is 5.53. The molecule has 9 heteroatoms. The van der Waals surface area contributed by atoms with Crippen LogP contribution >= 0.6 is 0 Å². The van der Waals surface area contributed by atoms with Gasteiger partial charge in [-0.2, -0.15) is 4.31 Å². The van der Waals surface area contributed by atoms with Gasteiger partial charge in [0.2, 0.25) is 10.0 Å². The Hall–Kier alpha value is -3.40. The van der Waals surface area contributed by atoms with Crippen molar-refractivity contribution in [3.63, 3.8) is 0 Å². The fraction of sp³-hybridized carbons (Fsp3) is 0.208. The fourth-order valence-electron chi connectivity index (χ4n) is 3.77. The number of carbonyl (C=O) groups is 1. The van der Waals surface area contributed by atoms with E-state index in [1.807, 2.05) is 25.1 Å². The monoisotopic (exact) mass is 466 g/mol. The van der Waals surface area contributed by atoms with E-state index in [1.165, 1.54) is 16.4 Å². The van der Waals surface area contributed by atoms with Gasteiger partial charge in [0.15, 0.2) is 11.5 Å². The summed E-state index contributed by atoms with van der Waals surface area (Å²) in [6, 6.07) is 17.1. The zero-order chi connectivity index (χ0) is 23.0. The van der Waals surface area contributed by atoms with E-state index < -0.39 is 15.9 Å². The van der Waals surface area contributed by atoms with E-state index in [0.29, 0.717) is 30.4 Å². The first kappa shape index (κ1) is 21.4. The van der Waals surface area contributed by atoms with Crippen LogP contribution in [0.1, 0.15) is 15.9 Å². The summed E-state index contributed by atoms with van der Waals surface area (Å²) in [5, 5.41) is 2.78. The summed E-state index contributed by atoms with van der Waals surface area (Å²) >= 11 is 0. The van der Waals surface area contributed by atoms with Crippen molar-refractivity contribution in [2.24, 2.45) is 0 Å². The Bertz CT molecular complexity index is 1330. The number of rotatable bonds is 4.